The molecule has 2 aromatic carbocycles. The van der Waals surface area contributed by atoms with Gasteiger partial charge < -0.3 is 19.9 Å². The van der Waals surface area contributed by atoms with Crippen LogP contribution in [0.5, 0.6) is 5.75 Å². The maximum Gasteiger partial charge on any atom is 0.295 e. The third kappa shape index (κ3) is 5.17. The summed E-state index contributed by atoms with van der Waals surface area (Å²) < 4.78 is 31.4. The normalized spacial score (nSPS) is 12.1. The Balaban J connectivity index is 1.79. The Morgan fingerprint density at radius 1 is 1.19 bits per heavy atom. The Kier molecular flexibility index (Phi) is 6.84. The van der Waals surface area contributed by atoms with Crippen LogP contribution in [0.25, 0.3) is 11.0 Å². The molecular weight excluding hydrogens is 406 g/mol. The van der Waals surface area contributed by atoms with Gasteiger partial charge in [-0.15, -0.1) is 0 Å². The second-order valence-corrected chi connectivity index (χ2v) is 7.20. The first-order chi connectivity index (χ1) is 14.8. The molecule has 1 heterocycles. The zero-order chi connectivity index (χ0) is 22.5. The number of carbonyl (C=O) groups excluding carboxylic acids is 2. The summed E-state index contributed by atoms with van der Waals surface area (Å²) >= 11 is 0. The van der Waals surface area contributed by atoms with Gasteiger partial charge in [-0.05, 0) is 30.7 Å². The fourth-order valence-electron chi connectivity index (χ4n) is 3.08. The molecule has 3 rings (SSSR count). The van der Waals surface area contributed by atoms with E-state index >= 15 is 0 Å². The van der Waals surface area contributed by atoms with Crippen molar-refractivity contribution in [2.45, 2.75) is 25.8 Å². The van der Waals surface area contributed by atoms with Crippen LogP contribution in [0.2, 0.25) is 0 Å². The van der Waals surface area contributed by atoms with Crippen LogP contribution in [0.4, 0.5) is 8.78 Å². The maximum atomic E-state index is 12.9. The van der Waals surface area contributed by atoms with E-state index in [0.29, 0.717) is 28.8 Å². The Bertz CT molecular complexity index is 1080. The van der Waals surface area contributed by atoms with Crippen LogP contribution in [0.1, 0.15) is 47.6 Å². The first-order valence-electron chi connectivity index (χ1n) is 9.80. The first kappa shape index (κ1) is 22.2. The highest BCUT2D eigenvalue weighted by Crippen LogP contribution is 2.28. The average Bonchev–Trinajstić information content (AvgIpc) is 3.19. The predicted octanol–water partition coefficient (Wildman–Crippen LogP) is 3.85. The Morgan fingerprint density at radius 2 is 1.94 bits per heavy atom. The molecule has 7 nitrogen and oxygen atoms in total. The number of aromatic nitrogens is 2. The van der Waals surface area contributed by atoms with E-state index in [1.165, 1.54) is 17.0 Å². The van der Waals surface area contributed by atoms with Crippen LogP contribution >= 0.6 is 0 Å². The summed E-state index contributed by atoms with van der Waals surface area (Å²) in [6, 6.07) is 11.4. The minimum absolute atomic E-state index is 0.114. The first-order valence-corrected chi connectivity index (χ1v) is 9.80. The van der Waals surface area contributed by atoms with Crippen molar-refractivity contribution in [2.24, 2.45) is 0 Å². The van der Waals surface area contributed by atoms with E-state index in [-0.39, 0.29) is 24.5 Å². The lowest BCUT2D eigenvalue weighted by molar-refractivity contribution is -0.130. The summed E-state index contributed by atoms with van der Waals surface area (Å²) in [6.45, 7) is 1.80. The number of ether oxygens (including phenoxy) is 1. The number of carbonyl (C=O) groups is 2. The van der Waals surface area contributed by atoms with Crippen LogP contribution in [-0.4, -0.2) is 47.4 Å². The third-order valence-electron chi connectivity index (χ3n) is 4.83. The fraction of sp³-hybridized carbons (Fsp3) is 0.318. The van der Waals surface area contributed by atoms with E-state index in [1.54, 1.807) is 32.3 Å². The molecular formula is C22H24F2N4O3. The molecule has 3 aromatic rings. The summed E-state index contributed by atoms with van der Waals surface area (Å²) in [5.41, 5.74) is 1.79. The van der Waals surface area contributed by atoms with Gasteiger partial charge in [0, 0.05) is 25.2 Å². The lowest BCUT2D eigenvalue weighted by Gasteiger charge is -2.21. The molecule has 9 heteroatoms. The molecule has 2 amide bonds. The van der Waals surface area contributed by atoms with Crippen molar-refractivity contribution in [1.82, 2.24) is 20.2 Å². The molecule has 0 radical (unpaired) electrons. The molecule has 0 fully saturated rings. The van der Waals surface area contributed by atoms with E-state index < -0.39 is 12.2 Å². The van der Waals surface area contributed by atoms with E-state index in [0.717, 1.165) is 5.56 Å². The van der Waals surface area contributed by atoms with E-state index in [4.69, 9.17) is 4.74 Å². The van der Waals surface area contributed by atoms with Crippen LogP contribution < -0.4 is 10.1 Å². The van der Waals surface area contributed by atoms with Crippen LogP contribution in [0, 0.1) is 0 Å². The summed E-state index contributed by atoms with van der Waals surface area (Å²) in [7, 11) is 3.29. The molecule has 1 aromatic heterocycles. The number of hydrogen-bond donors (Lipinski definition) is 2. The number of nitrogens with one attached hydrogen (secondary N) is 2. The molecule has 0 bridgehead atoms. The van der Waals surface area contributed by atoms with Gasteiger partial charge in [0.15, 0.2) is 12.4 Å². The number of para-hydroxylation sites is 1. The molecule has 0 aliphatic carbocycles. The molecule has 0 spiro atoms. The number of aromatic amines is 1. The van der Waals surface area contributed by atoms with Gasteiger partial charge in [0.25, 0.3) is 18.2 Å². The topological polar surface area (TPSA) is 87.3 Å². The van der Waals surface area contributed by atoms with Crippen LogP contribution in [-0.2, 0) is 4.79 Å². The van der Waals surface area contributed by atoms with Gasteiger partial charge in [-0.25, -0.2) is 13.8 Å². The quantitative estimate of drug-likeness (QED) is 0.568. The minimum Gasteiger partial charge on any atom is -0.483 e. The van der Waals surface area contributed by atoms with Crippen molar-refractivity contribution in [3.63, 3.8) is 0 Å². The zero-order valence-electron chi connectivity index (χ0n) is 17.5. The summed E-state index contributed by atoms with van der Waals surface area (Å²) in [5.74, 6) is -0.461. The number of fused-ring (bicyclic) bond motifs is 1. The average molecular weight is 430 g/mol. The molecule has 0 aliphatic heterocycles. The number of likely N-dealkylation sites (N-methyl/N-ethyl adjacent to an activating group) is 1. The Hall–Kier alpha value is -3.49. The number of halogens is 2. The van der Waals surface area contributed by atoms with Gasteiger partial charge >= 0.3 is 0 Å². The lowest BCUT2D eigenvalue weighted by Crippen LogP contribution is -2.30. The van der Waals surface area contributed by atoms with Gasteiger partial charge in [0.1, 0.15) is 5.75 Å². The van der Waals surface area contributed by atoms with Crippen LogP contribution in [0.3, 0.4) is 0 Å². The number of alkyl halides is 2. The Morgan fingerprint density at radius 3 is 2.61 bits per heavy atom. The van der Waals surface area contributed by atoms with Crippen molar-refractivity contribution in [3.05, 3.63) is 59.4 Å². The van der Waals surface area contributed by atoms with Crippen molar-refractivity contribution < 1.29 is 23.1 Å². The third-order valence-corrected chi connectivity index (χ3v) is 4.83. The van der Waals surface area contributed by atoms with Crippen LogP contribution in [0.15, 0.2) is 42.5 Å². The van der Waals surface area contributed by atoms with E-state index in [2.05, 4.69) is 15.3 Å². The molecule has 0 aliphatic rings. The molecule has 164 valence electrons. The highest BCUT2D eigenvalue weighted by Gasteiger charge is 2.20. The number of amides is 2. The van der Waals surface area contributed by atoms with Crippen molar-refractivity contribution in [3.8, 4) is 5.75 Å². The number of hydrogen-bond acceptors (Lipinski definition) is 4. The van der Waals surface area contributed by atoms with Crippen molar-refractivity contribution in [1.29, 1.82) is 0 Å². The molecule has 0 saturated carbocycles. The standard InChI is InChI=1S/C22H24F2N4O3/c1-4-15(14-7-5-6-8-18(14)31-12-19(29)28(2)3)27-22(30)13-9-10-16-17(11-13)26-21(25-16)20(23)24/h5-11,15,20H,4,12H2,1-3H3,(H,25,26)(H,27,30). The second-order valence-electron chi connectivity index (χ2n) is 7.20. The number of imidazole rings is 1. The van der Waals surface area contributed by atoms with Crippen molar-refractivity contribution in [2.75, 3.05) is 20.7 Å². The number of rotatable bonds is 8. The minimum atomic E-state index is -2.72. The monoisotopic (exact) mass is 430 g/mol. The summed E-state index contributed by atoms with van der Waals surface area (Å²) in [6.07, 6.45) is -2.14. The van der Waals surface area contributed by atoms with Gasteiger partial charge in [-0.1, -0.05) is 25.1 Å². The van der Waals surface area contributed by atoms with E-state index in [1.807, 2.05) is 19.1 Å². The molecule has 0 saturated heterocycles. The van der Waals surface area contributed by atoms with Gasteiger partial charge in [-0.2, -0.15) is 0 Å². The molecule has 1 atom stereocenters. The van der Waals surface area contributed by atoms with Gasteiger partial charge in [0.05, 0.1) is 17.1 Å². The maximum absolute atomic E-state index is 12.9. The molecule has 1 unspecified atom stereocenters. The van der Waals surface area contributed by atoms with E-state index in [9.17, 15) is 18.4 Å². The smallest absolute Gasteiger partial charge is 0.295 e. The summed E-state index contributed by atoms with van der Waals surface area (Å²) in [5, 5.41) is 2.95. The second kappa shape index (κ2) is 9.55. The van der Waals surface area contributed by atoms with Crippen molar-refractivity contribution >= 4 is 22.8 Å². The highest BCUT2D eigenvalue weighted by atomic mass is 19.3. The van der Waals surface area contributed by atoms with Gasteiger partial charge in [-0.3, -0.25) is 9.59 Å². The molecule has 2 N–H and O–H groups in total. The number of H-pyrrole nitrogens is 1. The largest absolute Gasteiger partial charge is 0.483 e. The Labute approximate surface area is 178 Å². The lowest BCUT2D eigenvalue weighted by atomic mass is 10.0. The predicted molar refractivity (Wildman–Crippen MR) is 112 cm³/mol. The van der Waals surface area contributed by atoms with Gasteiger partial charge in [0.2, 0.25) is 0 Å². The zero-order valence-corrected chi connectivity index (χ0v) is 17.5. The summed E-state index contributed by atoms with van der Waals surface area (Å²) in [4.78, 5) is 32.5. The SMILES string of the molecule is CCC(NC(=O)c1ccc2nc(C(F)F)[nH]c2c1)c1ccccc1OCC(=O)N(C)C. The fourth-order valence-corrected chi connectivity index (χ4v) is 3.08. The highest BCUT2D eigenvalue weighted by molar-refractivity contribution is 5.97. The number of benzene rings is 2. The molecule has 31 heavy (non-hydrogen) atoms. The number of nitrogens with zero attached hydrogens (tertiary/aromatic N) is 2.